The molecule has 2 nitrogen and oxygen atoms in total. The van der Waals surface area contributed by atoms with Crippen LogP contribution in [0.4, 0.5) is 17.1 Å². The maximum atomic E-state index is 2.48. The van der Waals surface area contributed by atoms with E-state index in [2.05, 4.69) is 264 Å². The molecule has 0 bridgehead atoms. The number of benzene rings is 10. The number of nitrogens with zero attached hydrogens (tertiary/aromatic N) is 2. The van der Waals surface area contributed by atoms with Crippen molar-refractivity contribution >= 4 is 38.9 Å². The predicted octanol–water partition coefficient (Wildman–Crippen LogP) is 16.6. The van der Waals surface area contributed by atoms with E-state index in [9.17, 15) is 0 Å². The molecule has 0 aliphatic rings. The van der Waals surface area contributed by atoms with Gasteiger partial charge in [0, 0.05) is 39.1 Å². The first-order valence-corrected chi connectivity index (χ1v) is 21.3. The largest absolute Gasteiger partial charge is 0.311 e. The van der Waals surface area contributed by atoms with Crippen molar-refractivity contribution in [2.24, 2.45) is 0 Å². The molecule has 292 valence electrons. The van der Waals surface area contributed by atoms with Crippen LogP contribution in [0.1, 0.15) is 0 Å². The Morgan fingerprint density at radius 1 is 0.274 bits per heavy atom. The average molecular weight is 791 g/mol. The number of hydrogen-bond donors (Lipinski definition) is 0. The van der Waals surface area contributed by atoms with Crippen LogP contribution in [0.3, 0.4) is 0 Å². The Labute approximate surface area is 362 Å². The highest BCUT2D eigenvalue weighted by molar-refractivity contribution is 6.20. The van der Waals surface area contributed by atoms with Crippen molar-refractivity contribution in [2.45, 2.75) is 0 Å². The zero-order valence-electron chi connectivity index (χ0n) is 34.1. The van der Waals surface area contributed by atoms with Crippen molar-refractivity contribution in [1.82, 2.24) is 4.57 Å². The standard InChI is InChI=1S/C60H42N2/c1-6-16-43(17-7-1)46-26-31-51(32-27-46)61(52-33-28-47(29-34-52)44-18-8-2-9-19-44)53-35-37-54(38-36-53)62-58-41-30-50(45-20-10-3-11-21-45)42-57(58)59-55(48-22-12-4-13-23-48)39-40-56(60(59)62)49-24-14-5-15-25-49/h1-42H. The van der Waals surface area contributed by atoms with Crippen LogP contribution in [0.5, 0.6) is 0 Å². The van der Waals surface area contributed by atoms with Crippen LogP contribution in [0, 0.1) is 0 Å². The predicted molar refractivity (Wildman–Crippen MR) is 263 cm³/mol. The van der Waals surface area contributed by atoms with Gasteiger partial charge in [-0.05, 0) is 111 Å². The Kier molecular flexibility index (Phi) is 9.57. The Hall–Kier alpha value is -8.20. The fraction of sp³-hybridized carbons (Fsp3) is 0. The van der Waals surface area contributed by atoms with Gasteiger partial charge < -0.3 is 9.47 Å². The zero-order valence-corrected chi connectivity index (χ0v) is 34.1. The monoisotopic (exact) mass is 790 g/mol. The van der Waals surface area contributed by atoms with Crippen LogP contribution in [0.2, 0.25) is 0 Å². The number of rotatable bonds is 9. The van der Waals surface area contributed by atoms with E-state index in [1.54, 1.807) is 0 Å². The van der Waals surface area contributed by atoms with Gasteiger partial charge >= 0.3 is 0 Å². The van der Waals surface area contributed by atoms with Gasteiger partial charge in [0.2, 0.25) is 0 Å². The lowest BCUT2D eigenvalue weighted by Crippen LogP contribution is -2.10. The van der Waals surface area contributed by atoms with E-state index < -0.39 is 0 Å². The smallest absolute Gasteiger partial charge is 0.0625 e. The molecule has 11 aromatic rings. The molecule has 10 aromatic carbocycles. The van der Waals surface area contributed by atoms with Crippen molar-refractivity contribution in [2.75, 3.05) is 4.90 Å². The molecule has 0 N–H and O–H groups in total. The number of hydrogen-bond acceptors (Lipinski definition) is 1. The van der Waals surface area contributed by atoms with Gasteiger partial charge in [0.05, 0.1) is 11.0 Å². The van der Waals surface area contributed by atoms with Gasteiger partial charge in [-0.3, -0.25) is 0 Å². The topological polar surface area (TPSA) is 8.17 Å². The van der Waals surface area contributed by atoms with E-state index in [4.69, 9.17) is 0 Å². The lowest BCUT2D eigenvalue weighted by molar-refractivity contribution is 1.17. The molecule has 2 heteroatoms. The molecule has 0 atom stereocenters. The third-order valence-electron chi connectivity index (χ3n) is 12.0. The molecule has 0 aliphatic heterocycles. The molecule has 0 aliphatic carbocycles. The van der Waals surface area contributed by atoms with E-state index in [0.717, 1.165) is 28.3 Å². The van der Waals surface area contributed by atoms with Gasteiger partial charge in [-0.1, -0.05) is 194 Å². The summed E-state index contributed by atoms with van der Waals surface area (Å²) < 4.78 is 2.48. The summed E-state index contributed by atoms with van der Waals surface area (Å²) in [5.74, 6) is 0. The molecule has 11 rings (SSSR count). The summed E-state index contributed by atoms with van der Waals surface area (Å²) in [7, 11) is 0. The van der Waals surface area contributed by atoms with Crippen LogP contribution in [-0.4, -0.2) is 4.57 Å². The van der Waals surface area contributed by atoms with E-state index in [-0.39, 0.29) is 0 Å². The SMILES string of the molecule is c1ccc(-c2ccc(N(c3ccc(-c4ccccc4)cc3)c3ccc(-n4c5ccc(-c6ccccc6)cc5c5c(-c6ccccc6)ccc(-c6ccccc6)c54)cc3)cc2)cc1. The lowest BCUT2D eigenvalue weighted by atomic mass is 9.93. The maximum absolute atomic E-state index is 2.48. The Balaban J connectivity index is 1.10. The molecular weight excluding hydrogens is 749 g/mol. The van der Waals surface area contributed by atoms with Crippen LogP contribution in [0.15, 0.2) is 255 Å². The summed E-state index contributed by atoms with van der Waals surface area (Å²) in [4.78, 5) is 2.36. The van der Waals surface area contributed by atoms with Crippen molar-refractivity contribution < 1.29 is 0 Å². The maximum Gasteiger partial charge on any atom is 0.0625 e. The van der Waals surface area contributed by atoms with Crippen molar-refractivity contribution in [3.63, 3.8) is 0 Å². The van der Waals surface area contributed by atoms with Gasteiger partial charge in [-0.2, -0.15) is 0 Å². The summed E-state index contributed by atoms with van der Waals surface area (Å²) in [6, 6.07) is 92.0. The normalized spacial score (nSPS) is 11.2. The second-order valence-corrected chi connectivity index (χ2v) is 15.7. The minimum absolute atomic E-state index is 1.08. The molecule has 1 aromatic heterocycles. The third-order valence-corrected chi connectivity index (χ3v) is 12.0. The van der Waals surface area contributed by atoms with Gasteiger partial charge in [-0.15, -0.1) is 0 Å². The Bertz CT molecular complexity index is 3180. The molecular formula is C60H42N2. The first-order valence-electron chi connectivity index (χ1n) is 21.3. The molecule has 0 unspecified atom stereocenters. The number of aromatic nitrogens is 1. The molecule has 1 heterocycles. The summed E-state index contributed by atoms with van der Waals surface area (Å²) in [6.45, 7) is 0. The van der Waals surface area contributed by atoms with Gasteiger partial charge in [0.15, 0.2) is 0 Å². The summed E-state index contributed by atoms with van der Waals surface area (Å²) in [5, 5.41) is 2.47. The molecule has 0 saturated heterocycles. The van der Waals surface area contributed by atoms with Crippen LogP contribution in [0.25, 0.3) is 83.1 Å². The van der Waals surface area contributed by atoms with Crippen molar-refractivity contribution in [3.05, 3.63) is 255 Å². The quantitative estimate of drug-likeness (QED) is 0.141. The molecule has 0 saturated carbocycles. The molecule has 0 fully saturated rings. The highest BCUT2D eigenvalue weighted by Gasteiger charge is 2.22. The second-order valence-electron chi connectivity index (χ2n) is 15.7. The van der Waals surface area contributed by atoms with Gasteiger partial charge in [0.1, 0.15) is 0 Å². The molecule has 62 heavy (non-hydrogen) atoms. The van der Waals surface area contributed by atoms with Crippen LogP contribution in [-0.2, 0) is 0 Å². The van der Waals surface area contributed by atoms with Crippen molar-refractivity contribution in [1.29, 1.82) is 0 Å². The van der Waals surface area contributed by atoms with Crippen LogP contribution < -0.4 is 4.90 Å². The average Bonchev–Trinajstić information content (AvgIpc) is 3.70. The van der Waals surface area contributed by atoms with Gasteiger partial charge in [-0.25, -0.2) is 0 Å². The van der Waals surface area contributed by atoms with E-state index in [1.165, 1.54) is 71.9 Å². The number of fused-ring (bicyclic) bond motifs is 3. The highest BCUT2D eigenvalue weighted by atomic mass is 15.1. The summed E-state index contributed by atoms with van der Waals surface area (Å²) in [6.07, 6.45) is 0. The van der Waals surface area contributed by atoms with Crippen LogP contribution >= 0.6 is 0 Å². The fourth-order valence-electron chi connectivity index (χ4n) is 9.00. The summed E-state index contributed by atoms with van der Waals surface area (Å²) in [5.41, 5.74) is 18.7. The highest BCUT2D eigenvalue weighted by Crippen LogP contribution is 2.45. The van der Waals surface area contributed by atoms with Gasteiger partial charge in [0.25, 0.3) is 0 Å². The lowest BCUT2D eigenvalue weighted by Gasteiger charge is -2.26. The second kappa shape index (κ2) is 16.1. The van der Waals surface area contributed by atoms with E-state index in [0.29, 0.717) is 0 Å². The van der Waals surface area contributed by atoms with E-state index >= 15 is 0 Å². The van der Waals surface area contributed by atoms with E-state index in [1.807, 2.05) is 0 Å². The Morgan fingerprint density at radius 3 is 1.10 bits per heavy atom. The fourth-order valence-corrected chi connectivity index (χ4v) is 9.00. The molecule has 0 radical (unpaired) electrons. The van der Waals surface area contributed by atoms with Crippen molar-refractivity contribution in [3.8, 4) is 61.3 Å². The third kappa shape index (κ3) is 6.84. The first-order chi connectivity index (χ1) is 30.8. The zero-order chi connectivity index (χ0) is 41.2. The molecule has 0 spiro atoms. The summed E-state index contributed by atoms with van der Waals surface area (Å²) >= 11 is 0. The first kappa shape index (κ1) is 36.8. The number of anilines is 3. The Morgan fingerprint density at radius 2 is 0.629 bits per heavy atom. The molecule has 0 amide bonds. The minimum Gasteiger partial charge on any atom is -0.311 e. The minimum atomic E-state index is 1.08.